The van der Waals surface area contributed by atoms with E-state index < -0.39 is 5.60 Å². The van der Waals surface area contributed by atoms with Gasteiger partial charge in [0.2, 0.25) is 0 Å². The van der Waals surface area contributed by atoms with Gasteiger partial charge in [-0.25, -0.2) is 0 Å². The monoisotopic (exact) mass is 356 g/mol. The van der Waals surface area contributed by atoms with E-state index in [4.69, 9.17) is 4.74 Å². The number of hydrogen-bond donors (Lipinski definition) is 3. The molecule has 0 aromatic heterocycles. The van der Waals surface area contributed by atoms with Gasteiger partial charge in [0, 0.05) is 5.56 Å². The van der Waals surface area contributed by atoms with Crippen molar-refractivity contribution in [1.82, 2.24) is 0 Å². The number of aliphatic hydroxyl groups is 1. The topological polar surface area (TPSA) is 87.0 Å². The smallest absolute Gasteiger partial charge is 0.189 e. The maximum Gasteiger partial charge on any atom is 0.189 e. The SMILES string of the molecule is COc1ccc(C(=O)/C=C/c2ccc(O)cc2)c(O)c1CCC(C)(C)O. The van der Waals surface area contributed by atoms with Crippen LogP contribution in [0.25, 0.3) is 6.08 Å². The fourth-order valence-electron chi connectivity index (χ4n) is 2.53. The summed E-state index contributed by atoms with van der Waals surface area (Å²) in [6.45, 7) is 3.37. The lowest BCUT2D eigenvalue weighted by Gasteiger charge is -2.19. The van der Waals surface area contributed by atoms with Gasteiger partial charge in [0.25, 0.3) is 0 Å². The zero-order valence-corrected chi connectivity index (χ0v) is 15.2. The molecular formula is C21H24O5. The Morgan fingerprint density at radius 1 is 1.12 bits per heavy atom. The Kier molecular flexibility index (Phi) is 6.05. The molecule has 138 valence electrons. The molecule has 5 nitrogen and oxygen atoms in total. The number of rotatable bonds is 7. The molecule has 2 aromatic carbocycles. The quantitative estimate of drug-likeness (QED) is 0.520. The molecule has 0 saturated heterocycles. The molecule has 0 unspecified atom stereocenters. The summed E-state index contributed by atoms with van der Waals surface area (Å²) in [5.74, 6) is 0.153. The first-order valence-corrected chi connectivity index (χ1v) is 8.34. The van der Waals surface area contributed by atoms with Crippen LogP contribution in [0.3, 0.4) is 0 Å². The summed E-state index contributed by atoms with van der Waals surface area (Å²) < 4.78 is 5.27. The summed E-state index contributed by atoms with van der Waals surface area (Å²) in [6.07, 6.45) is 3.77. The van der Waals surface area contributed by atoms with Gasteiger partial charge in [0.05, 0.1) is 18.3 Å². The fourth-order valence-corrected chi connectivity index (χ4v) is 2.53. The van der Waals surface area contributed by atoms with Crippen LogP contribution < -0.4 is 4.74 Å². The fraction of sp³-hybridized carbons (Fsp3) is 0.286. The van der Waals surface area contributed by atoms with Gasteiger partial charge >= 0.3 is 0 Å². The maximum absolute atomic E-state index is 12.5. The third-order valence-corrected chi connectivity index (χ3v) is 4.03. The van der Waals surface area contributed by atoms with E-state index in [9.17, 15) is 20.1 Å². The lowest BCUT2D eigenvalue weighted by Crippen LogP contribution is -2.19. The van der Waals surface area contributed by atoms with Crippen molar-refractivity contribution >= 4 is 11.9 Å². The van der Waals surface area contributed by atoms with Gasteiger partial charge in [-0.3, -0.25) is 4.79 Å². The highest BCUT2D eigenvalue weighted by Gasteiger charge is 2.20. The molecule has 26 heavy (non-hydrogen) atoms. The van der Waals surface area contributed by atoms with E-state index in [1.165, 1.54) is 31.4 Å². The molecule has 2 rings (SSSR count). The summed E-state index contributed by atoms with van der Waals surface area (Å²) in [4.78, 5) is 12.5. The zero-order valence-electron chi connectivity index (χ0n) is 15.2. The summed E-state index contributed by atoms with van der Waals surface area (Å²) in [5.41, 5.74) is 0.535. The minimum absolute atomic E-state index is 0.131. The average molecular weight is 356 g/mol. The number of phenols is 2. The molecule has 0 aliphatic rings. The second-order valence-corrected chi connectivity index (χ2v) is 6.74. The number of ether oxygens (including phenoxy) is 1. The molecular weight excluding hydrogens is 332 g/mol. The van der Waals surface area contributed by atoms with Crippen molar-refractivity contribution in [3.63, 3.8) is 0 Å². The average Bonchev–Trinajstić information content (AvgIpc) is 2.58. The van der Waals surface area contributed by atoms with Crippen molar-refractivity contribution < 1.29 is 24.9 Å². The van der Waals surface area contributed by atoms with Crippen LogP contribution >= 0.6 is 0 Å². The van der Waals surface area contributed by atoms with Crippen LogP contribution in [0, 0.1) is 0 Å². The van der Waals surface area contributed by atoms with Gasteiger partial charge in [-0.1, -0.05) is 18.2 Å². The van der Waals surface area contributed by atoms with Gasteiger partial charge in [-0.05, 0) is 62.6 Å². The van der Waals surface area contributed by atoms with Crippen LogP contribution in [0.15, 0.2) is 42.5 Å². The first kappa shape index (κ1) is 19.5. The van der Waals surface area contributed by atoms with Crippen molar-refractivity contribution in [2.45, 2.75) is 32.3 Å². The second-order valence-electron chi connectivity index (χ2n) is 6.74. The molecule has 0 saturated carbocycles. The maximum atomic E-state index is 12.5. The molecule has 0 amide bonds. The highest BCUT2D eigenvalue weighted by molar-refractivity contribution is 6.09. The standard InChI is InChI=1S/C21H24O5/c1-21(2,25)13-12-17-19(26-3)11-9-16(20(17)24)18(23)10-6-14-4-7-15(22)8-5-14/h4-11,22,24-25H,12-13H2,1-3H3/b10-6+. The van der Waals surface area contributed by atoms with E-state index >= 15 is 0 Å². The molecule has 0 heterocycles. The second kappa shape index (κ2) is 8.06. The van der Waals surface area contributed by atoms with Crippen molar-refractivity contribution in [3.05, 3.63) is 59.2 Å². The zero-order chi connectivity index (χ0) is 19.3. The Labute approximate surface area is 153 Å². The van der Waals surface area contributed by atoms with Gasteiger partial charge in [0.15, 0.2) is 5.78 Å². The Hall–Kier alpha value is -2.79. The van der Waals surface area contributed by atoms with E-state index in [2.05, 4.69) is 0 Å². The van der Waals surface area contributed by atoms with Gasteiger partial charge in [-0.15, -0.1) is 0 Å². The van der Waals surface area contributed by atoms with Crippen LogP contribution in [-0.4, -0.2) is 33.8 Å². The van der Waals surface area contributed by atoms with Crippen molar-refractivity contribution in [2.75, 3.05) is 7.11 Å². The number of phenolic OH excluding ortho intramolecular Hbond substituents is 2. The highest BCUT2D eigenvalue weighted by Crippen LogP contribution is 2.34. The number of benzene rings is 2. The van der Waals surface area contributed by atoms with Crippen LogP contribution in [0.4, 0.5) is 0 Å². The Bertz CT molecular complexity index is 798. The molecule has 0 aliphatic carbocycles. The van der Waals surface area contributed by atoms with Crippen LogP contribution in [0.5, 0.6) is 17.2 Å². The number of ketones is 1. The highest BCUT2D eigenvalue weighted by atomic mass is 16.5. The largest absolute Gasteiger partial charge is 0.508 e. The number of carbonyl (C=O) groups excluding carboxylic acids is 1. The lowest BCUT2D eigenvalue weighted by atomic mass is 9.95. The lowest BCUT2D eigenvalue weighted by molar-refractivity contribution is 0.0711. The molecule has 0 bridgehead atoms. The Balaban J connectivity index is 2.27. The molecule has 2 aromatic rings. The third kappa shape index (κ3) is 5.10. The Morgan fingerprint density at radius 2 is 1.77 bits per heavy atom. The number of carbonyl (C=O) groups is 1. The van der Waals surface area contributed by atoms with Crippen molar-refractivity contribution in [3.8, 4) is 17.2 Å². The number of hydrogen-bond acceptors (Lipinski definition) is 5. The van der Waals surface area contributed by atoms with E-state index in [1.54, 1.807) is 38.1 Å². The van der Waals surface area contributed by atoms with Crippen molar-refractivity contribution in [1.29, 1.82) is 0 Å². The number of aromatic hydroxyl groups is 2. The normalized spacial score (nSPS) is 11.7. The molecule has 0 fully saturated rings. The molecule has 5 heteroatoms. The summed E-state index contributed by atoms with van der Waals surface area (Å²) in [5, 5.41) is 29.8. The van der Waals surface area contributed by atoms with Gasteiger partial charge < -0.3 is 20.1 Å². The van der Waals surface area contributed by atoms with E-state index in [0.717, 1.165) is 5.56 Å². The van der Waals surface area contributed by atoms with E-state index in [1.807, 2.05) is 0 Å². The Morgan fingerprint density at radius 3 is 2.35 bits per heavy atom. The molecule has 0 spiro atoms. The summed E-state index contributed by atoms with van der Waals surface area (Å²) >= 11 is 0. The van der Waals surface area contributed by atoms with Crippen molar-refractivity contribution in [2.24, 2.45) is 0 Å². The molecule has 0 aliphatic heterocycles. The molecule has 0 radical (unpaired) electrons. The van der Waals surface area contributed by atoms with E-state index in [-0.39, 0.29) is 22.8 Å². The molecule has 3 N–H and O–H groups in total. The van der Waals surface area contributed by atoms with Crippen LogP contribution in [0.2, 0.25) is 0 Å². The summed E-state index contributed by atoms with van der Waals surface area (Å²) in [7, 11) is 1.49. The van der Waals surface area contributed by atoms with Gasteiger partial charge in [0.1, 0.15) is 17.2 Å². The molecule has 0 atom stereocenters. The van der Waals surface area contributed by atoms with E-state index in [0.29, 0.717) is 24.2 Å². The first-order valence-electron chi connectivity index (χ1n) is 8.34. The minimum atomic E-state index is -0.893. The number of methoxy groups -OCH3 is 1. The number of allylic oxidation sites excluding steroid dienone is 1. The van der Waals surface area contributed by atoms with Gasteiger partial charge in [-0.2, -0.15) is 0 Å². The minimum Gasteiger partial charge on any atom is -0.508 e. The first-order chi connectivity index (χ1) is 12.2. The predicted octanol–water partition coefficient (Wildman–Crippen LogP) is 3.71. The third-order valence-electron chi connectivity index (χ3n) is 4.03. The van der Waals surface area contributed by atoms with Crippen LogP contribution in [-0.2, 0) is 6.42 Å². The predicted molar refractivity (Wildman–Crippen MR) is 101 cm³/mol. The summed E-state index contributed by atoms with van der Waals surface area (Å²) in [6, 6.07) is 9.59. The van der Waals surface area contributed by atoms with Crippen LogP contribution in [0.1, 0.15) is 41.8 Å².